The third-order valence-corrected chi connectivity index (χ3v) is 27.0. The van der Waals surface area contributed by atoms with Crippen LogP contribution in [0.5, 0.6) is 0 Å². The van der Waals surface area contributed by atoms with E-state index in [0.717, 1.165) is 17.8 Å². The van der Waals surface area contributed by atoms with Gasteiger partial charge in [-0.1, -0.05) is 0 Å². The fourth-order valence-electron chi connectivity index (χ4n) is 14.7. The third kappa shape index (κ3) is 5.37. The SMILES string of the molecule is Cc1cc2c(c(C)c1C)C(C)c1c3c(c4ccccc4c1-2)C(C)C(C)C(C)[C]3(C)[Zr+2]([C]1=CC(C23CC4CC(CC(C4)C2)C3)=CC1)=[C]1CCCCC1.[Cl-].[Cl-]. The summed E-state index contributed by atoms with van der Waals surface area (Å²) in [6, 6.07) is 12.3. The number of hydrogen-bond donors (Lipinski definition) is 0. The van der Waals surface area contributed by atoms with E-state index in [1.165, 1.54) is 74.3 Å². The van der Waals surface area contributed by atoms with Gasteiger partial charge in [0.1, 0.15) is 0 Å². The largest absolute Gasteiger partial charge is 1.00 e. The summed E-state index contributed by atoms with van der Waals surface area (Å²) in [5.41, 5.74) is 17.0. The normalized spacial score (nSPS) is 34.7. The second-order valence-electron chi connectivity index (χ2n) is 19.7. The van der Waals surface area contributed by atoms with Gasteiger partial charge in [-0.3, -0.25) is 0 Å². The predicted molar refractivity (Wildman–Crippen MR) is 215 cm³/mol. The van der Waals surface area contributed by atoms with Crippen LogP contribution >= 0.6 is 0 Å². The summed E-state index contributed by atoms with van der Waals surface area (Å²) >= 11 is -2.49. The second kappa shape index (κ2) is 13.7. The summed E-state index contributed by atoms with van der Waals surface area (Å²) in [5.74, 6) is 5.41. The van der Waals surface area contributed by atoms with Crippen LogP contribution in [0.25, 0.3) is 21.9 Å². The van der Waals surface area contributed by atoms with Crippen LogP contribution in [0.1, 0.15) is 162 Å². The summed E-state index contributed by atoms with van der Waals surface area (Å²) in [6.45, 7) is 20.7. The van der Waals surface area contributed by atoms with E-state index in [-0.39, 0.29) is 27.9 Å². The average molecular weight is 825 g/mol. The van der Waals surface area contributed by atoms with Crippen LogP contribution in [0.4, 0.5) is 0 Å². The zero-order valence-electron chi connectivity index (χ0n) is 33.8. The second-order valence-corrected chi connectivity index (χ2v) is 27.4. The van der Waals surface area contributed by atoms with Crippen molar-refractivity contribution in [3.8, 4) is 11.1 Å². The van der Waals surface area contributed by atoms with Gasteiger partial charge in [0.25, 0.3) is 0 Å². The minimum atomic E-state index is -2.49. The fourth-order valence-corrected chi connectivity index (χ4v) is 25.9. The monoisotopic (exact) mass is 822 g/mol. The Hall–Kier alpha value is -1.27. The van der Waals surface area contributed by atoms with Crippen molar-refractivity contribution in [3.63, 3.8) is 0 Å². The number of fused-ring (bicyclic) bond motifs is 8. The topological polar surface area (TPSA) is 0 Å². The number of benzene rings is 3. The van der Waals surface area contributed by atoms with Crippen molar-refractivity contribution in [2.45, 2.75) is 147 Å². The van der Waals surface area contributed by atoms with E-state index in [1.54, 1.807) is 58.0 Å². The molecule has 3 aromatic carbocycles. The standard InChI is InChI=1S/C29H33.C15H19.C6H10.2ClH.Zr/c1-14-13-24-25(18(5)15(14)2)21(8)28-27-20(7)17(4)16(3)19(6)26(27)22-11-9-10-12-23(22)29(24)28;1-2-4-14(3-1)15-8-11-5-12(9-15)7-13(6-11)10-15;1-2-4-6-5-3-1;;;/h9-13,16-17,19,21H,1-8H3;3-4,11-13H,1,5-10H2;1-5H2;2*1H;/q;;;;;+2/p-2. The number of rotatable bonds is 3. The predicted octanol–water partition coefficient (Wildman–Crippen LogP) is 7.69. The Bertz CT molecular complexity index is 2070. The van der Waals surface area contributed by atoms with Crippen molar-refractivity contribution in [1.82, 2.24) is 0 Å². The van der Waals surface area contributed by atoms with Crippen LogP contribution in [0.3, 0.4) is 0 Å². The Morgan fingerprint density at radius 3 is 2.00 bits per heavy atom. The summed E-state index contributed by atoms with van der Waals surface area (Å²) in [7, 11) is 0. The zero-order chi connectivity index (χ0) is 35.1. The van der Waals surface area contributed by atoms with Gasteiger partial charge in [-0.25, -0.2) is 0 Å². The van der Waals surface area contributed by atoms with Gasteiger partial charge in [0, 0.05) is 0 Å². The summed E-state index contributed by atoms with van der Waals surface area (Å²) in [4.78, 5) is 0. The molecule has 11 rings (SSSR count). The van der Waals surface area contributed by atoms with Crippen LogP contribution in [0, 0.1) is 55.8 Å². The van der Waals surface area contributed by atoms with E-state index in [9.17, 15) is 0 Å². The van der Waals surface area contributed by atoms with E-state index >= 15 is 0 Å². The Morgan fingerprint density at radius 2 is 1.36 bits per heavy atom. The first kappa shape index (κ1) is 38.6. The molecule has 280 valence electrons. The Balaban J connectivity index is 0.00000200. The molecule has 5 fully saturated rings. The maximum atomic E-state index is 2.97. The van der Waals surface area contributed by atoms with Crippen molar-refractivity contribution >= 4 is 14.0 Å². The molecule has 0 heterocycles. The maximum absolute atomic E-state index is 2.97. The quantitative estimate of drug-likeness (QED) is 0.254. The molecule has 5 unspecified atom stereocenters. The van der Waals surface area contributed by atoms with Crippen LogP contribution in [0.15, 0.2) is 51.3 Å². The number of aryl methyl sites for hydroxylation is 1. The van der Waals surface area contributed by atoms with Gasteiger partial charge in [0.15, 0.2) is 0 Å². The van der Waals surface area contributed by atoms with Gasteiger partial charge in [0.2, 0.25) is 0 Å². The molecule has 0 spiro atoms. The first-order chi connectivity index (χ1) is 24.5. The molecule has 8 aliphatic carbocycles. The molecular formula is C50H62Cl2Zr. The Morgan fingerprint density at radius 1 is 0.736 bits per heavy atom. The third-order valence-electron chi connectivity index (χ3n) is 17.3. The van der Waals surface area contributed by atoms with Crippen molar-refractivity contribution in [2.24, 2.45) is 35.0 Å². The number of halogens is 2. The zero-order valence-corrected chi connectivity index (χ0v) is 37.8. The molecule has 0 amide bonds. The minimum absolute atomic E-state index is 0. The van der Waals surface area contributed by atoms with Crippen LogP contribution in [-0.2, 0) is 24.4 Å². The van der Waals surface area contributed by atoms with Crippen LogP contribution < -0.4 is 24.8 Å². The van der Waals surface area contributed by atoms with E-state index in [4.69, 9.17) is 0 Å². The summed E-state index contributed by atoms with van der Waals surface area (Å²) < 4.78 is 4.34. The molecule has 5 saturated carbocycles. The minimum Gasteiger partial charge on any atom is -1.00 e. The van der Waals surface area contributed by atoms with Gasteiger partial charge < -0.3 is 24.8 Å². The fraction of sp³-hybridized carbons (Fsp3) is 0.580. The van der Waals surface area contributed by atoms with E-state index in [2.05, 4.69) is 101 Å². The van der Waals surface area contributed by atoms with Crippen molar-refractivity contribution in [1.29, 1.82) is 0 Å². The number of hydrogen-bond acceptors (Lipinski definition) is 0. The molecule has 0 aromatic heterocycles. The number of allylic oxidation sites excluding steroid dienone is 4. The average Bonchev–Trinajstić information content (AvgIpc) is 3.72. The molecule has 0 N–H and O–H groups in total. The van der Waals surface area contributed by atoms with Gasteiger partial charge >= 0.3 is 319 Å². The molecule has 8 aliphatic rings. The molecule has 0 saturated heterocycles. The maximum Gasteiger partial charge on any atom is -1.00 e. The first-order valence-corrected chi connectivity index (χ1v) is 25.0. The van der Waals surface area contributed by atoms with Crippen molar-refractivity contribution < 1.29 is 46.1 Å². The van der Waals surface area contributed by atoms with E-state index in [1.807, 2.05) is 14.4 Å². The molecular weight excluding hydrogens is 763 g/mol. The van der Waals surface area contributed by atoms with Crippen LogP contribution in [0.2, 0.25) is 0 Å². The van der Waals surface area contributed by atoms with Gasteiger partial charge in [-0.15, -0.1) is 0 Å². The Labute approximate surface area is 341 Å². The van der Waals surface area contributed by atoms with Crippen LogP contribution in [-0.4, -0.2) is 3.21 Å². The first-order valence-electron chi connectivity index (χ1n) is 21.4. The van der Waals surface area contributed by atoms with E-state index < -0.39 is 21.3 Å². The molecule has 53 heavy (non-hydrogen) atoms. The van der Waals surface area contributed by atoms with E-state index in [0.29, 0.717) is 29.1 Å². The van der Waals surface area contributed by atoms with Gasteiger partial charge in [0.05, 0.1) is 0 Å². The summed E-state index contributed by atoms with van der Waals surface area (Å²) in [5, 5.41) is 3.10. The molecule has 4 bridgehead atoms. The molecule has 3 aromatic rings. The molecule has 5 atom stereocenters. The molecule has 0 nitrogen and oxygen atoms in total. The molecule has 3 heteroatoms. The molecule has 0 radical (unpaired) electrons. The molecule has 0 aliphatic heterocycles. The van der Waals surface area contributed by atoms with Crippen molar-refractivity contribution in [2.75, 3.05) is 0 Å². The van der Waals surface area contributed by atoms with Crippen molar-refractivity contribution in [3.05, 3.63) is 90.3 Å². The summed E-state index contributed by atoms with van der Waals surface area (Å²) in [6.07, 6.45) is 23.4. The van der Waals surface area contributed by atoms with Gasteiger partial charge in [-0.2, -0.15) is 0 Å². The Kier molecular flexibility index (Phi) is 9.97. The smallest absolute Gasteiger partial charge is 1.00 e. The van der Waals surface area contributed by atoms with Gasteiger partial charge in [-0.05, 0) is 0 Å².